The standard InChI is InChI=1S/C16H14Cl3FO/c17-9-1-2-15(11-3-6-13(20)7-4-11)21-16-10-12(18)5-8-14(16)19/h3-8,10,15H,1-2,9H2/t15-/m0/s1. The predicted molar refractivity (Wildman–Crippen MR) is 86.2 cm³/mol. The number of benzene rings is 2. The highest BCUT2D eigenvalue weighted by Crippen LogP contribution is 2.33. The van der Waals surface area contributed by atoms with E-state index in [2.05, 4.69) is 0 Å². The lowest BCUT2D eigenvalue weighted by Crippen LogP contribution is -2.08. The molecule has 0 radical (unpaired) electrons. The Morgan fingerprint density at radius 3 is 2.43 bits per heavy atom. The molecule has 0 spiro atoms. The first kappa shape index (κ1) is 16.4. The highest BCUT2D eigenvalue weighted by atomic mass is 35.5. The van der Waals surface area contributed by atoms with Gasteiger partial charge in [0.2, 0.25) is 0 Å². The van der Waals surface area contributed by atoms with E-state index in [0.29, 0.717) is 28.1 Å². The minimum absolute atomic E-state index is 0.250. The average Bonchev–Trinajstić information content (AvgIpc) is 2.48. The molecule has 2 rings (SSSR count). The highest BCUT2D eigenvalue weighted by Gasteiger charge is 2.15. The van der Waals surface area contributed by atoms with Gasteiger partial charge in [-0.3, -0.25) is 0 Å². The quantitative estimate of drug-likeness (QED) is 0.559. The van der Waals surface area contributed by atoms with E-state index < -0.39 is 0 Å². The van der Waals surface area contributed by atoms with Gasteiger partial charge in [0.15, 0.2) is 0 Å². The van der Waals surface area contributed by atoms with E-state index in [1.54, 1.807) is 30.3 Å². The molecule has 0 bridgehead atoms. The third-order valence-electron chi connectivity index (χ3n) is 3.00. The molecular weight excluding hydrogens is 334 g/mol. The number of alkyl halides is 1. The van der Waals surface area contributed by atoms with Crippen LogP contribution < -0.4 is 4.74 Å². The van der Waals surface area contributed by atoms with Crippen molar-refractivity contribution >= 4 is 34.8 Å². The predicted octanol–water partition coefficient (Wildman–Crippen LogP) is 6.27. The summed E-state index contributed by atoms with van der Waals surface area (Å²) in [5.74, 6) is 0.758. The minimum Gasteiger partial charge on any atom is -0.484 e. The Balaban J connectivity index is 2.23. The molecule has 5 heteroatoms. The van der Waals surface area contributed by atoms with Gasteiger partial charge in [-0.1, -0.05) is 35.3 Å². The molecule has 0 saturated heterocycles. The first-order chi connectivity index (χ1) is 10.1. The minimum atomic E-state index is -0.282. The van der Waals surface area contributed by atoms with Gasteiger partial charge in [-0.2, -0.15) is 0 Å². The van der Waals surface area contributed by atoms with Crippen LogP contribution in [0.25, 0.3) is 0 Å². The van der Waals surface area contributed by atoms with Crippen LogP contribution in [-0.2, 0) is 0 Å². The molecule has 0 aliphatic heterocycles. The molecule has 0 aliphatic rings. The van der Waals surface area contributed by atoms with E-state index in [0.717, 1.165) is 12.0 Å². The molecule has 21 heavy (non-hydrogen) atoms. The first-order valence-electron chi connectivity index (χ1n) is 6.53. The summed E-state index contributed by atoms with van der Waals surface area (Å²) in [5, 5.41) is 1.03. The molecule has 0 heterocycles. The molecule has 2 aromatic carbocycles. The molecule has 0 fully saturated rings. The molecule has 1 nitrogen and oxygen atoms in total. The summed E-state index contributed by atoms with van der Waals surface area (Å²) < 4.78 is 19.0. The maximum absolute atomic E-state index is 13.0. The summed E-state index contributed by atoms with van der Waals surface area (Å²) in [4.78, 5) is 0. The molecule has 0 saturated carbocycles. The zero-order chi connectivity index (χ0) is 15.2. The zero-order valence-electron chi connectivity index (χ0n) is 11.2. The van der Waals surface area contributed by atoms with Gasteiger partial charge >= 0.3 is 0 Å². The number of halogens is 4. The Labute approximate surface area is 138 Å². The van der Waals surface area contributed by atoms with Crippen molar-refractivity contribution < 1.29 is 9.13 Å². The number of ether oxygens (including phenoxy) is 1. The molecular formula is C16H14Cl3FO. The lowest BCUT2D eigenvalue weighted by atomic mass is 10.0. The Morgan fingerprint density at radius 1 is 1.05 bits per heavy atom. The molecule has 0 aromatic heterocycles. The van der Waals surface area contributed by atoms with E-state index in [1.165, 1.54) is 12.1 Å². The largest absolute Gasteiger partial charge is 0.484 e. The number of rotatable bonds is 6. The van der Waals surface area contributed by atoms with Crippen molar-refractivity contribution in [3.05, 3.63) is 63.9 Å². The molecule has 0 amide bonds. The number of hydrogen-bond donors (Lipinski definition) is 0. The Morgan fingerprint density at radius 2 is 1.76 bits per heavy atom. The monoisotopic (exact) mass is 346 g/mol. The van der Waals surface area contributed by atoms with E-state index in [9.17, 15) is 4.39 Å². The first-order valence-corrected chi connectivity index (χ1v) is 7.82. The maximum Gasteiger partial charge on any atom is 0.140 e. The molecule has 0 unspecified atom stereocenters. The van der Waals surface area contributed by atoms with Crippen LogP contribution in [-0.4, -0.2) is 5.88 Å². The van der Waals surface area contributed by atoms with Crippen LogP contribution in [0.3, 0.4) is 0 Å². The lowest BCUT2D eigenvalue weighted by Gasteiger charge is -2.20. The fourth-order valence-electron chi connectivity index (χ4n) is 1.95. The summed E-state index contributed by atoms with van der Waals surface area (Å²) in [6.07, 6.45) is 1.24. The fourth-order valence-corrected chi connectivity index (χ4v) is 2.43. The van der Waals surface area contributed by atoms with Crippen LogP contribution in [0.4, 0.5) is 4.39 Å². The van der Waals surface area contributed by atoms with Crippen molar-refractivity contribution in [3.63, 3.8) is 0 Å². The second kappa shape index (κ2) is 7.88. The van der Waals surface area contributed by atoms with Gasteiger partial charge in [0.05, 0.1) is 5.02 Å². The van der Waals surface area contributed by atoms with Gasteiger partial charge in [0.1, 0.15) is 17.7 Å². The van der Waals surface area contributed by atoms with Crippen molar-refractivity contribution in [2.45, 2.75) is 18.9 Å². The van der Waals surface area contributed by atoms with Crippen molar-refractivity contribution in [3.8, 4) is 5.75 Å². The lowest BCUT2D eigenvalue weighted by molar-refractivity contribution is 0.194. The molecule has 0 aliphatic carbocycles. The SMILES string of the molecule is Fc1ccc([C@H](CCCCl)Oc2cc(Cl)ccc2Cl)cc1. The Kier molecular flexibility index (Phi) is 6.16. The summed E-state index contributed by atoms with van der Waals surface area (Å²) in [6, 6.07) is 11.3. The van der Waals surface area contributed by atoms with Crippen molar-refractivity contribution in [1.82, 2.24) is 0 Å². The van der Waals surface area contributed by atoms with Crippen LogP contribution >= 0.6 is 34.8 Å². The van der Waals surface area contributed by atoms with Crippen LogP contribution in [0.1, 0.15) is 24.5 Å². The summed E-state index contributed by atoms with van der Waals surface area (Å²) in [7, 11) is 0. The second-order valence-electron chi connectivity index (χ2n) is 4.56. The van der Waals surface area contributed by atoms with Crippen LogP contribution in [0.15, 0.2) is 42.5 Å². The van der Waals surface area contributed by atoms with Gasteiger partial charge in [-0.25, -0.2) is 4.39 Å². The van der Waals surface area contributed by atoms with E-state index in [4.69, 9.17) is 39.5 Å². The van der Waals surface area contributed by atoms with E-state index >= 15 is 0 Å². The van der Waals surface area contributed by atoms with Gasteiger partial charge in [-0.05, 0) is 42.7 Å². The third kappa shape index (κ3) is 4.77. The Hall–Kier alpha value is -0.960. The summed E-state index contributed by atoms with van der Waals surface area (Å²) in [5.41, 5.74) is 0.873. The van der Waals surface area contributed by atoms with Gasteiger partial charge in [-0.15, -0.1) is 11.6 Å². The maximum atomic E-state index is 13.0. The smallest absolute Gasteiger partial charge is 0.140 e. The van der Waals surface area contributed by atoms with Crippen molar-refractivity contribution in [1.29, 1.82) is 0 Å². The highest BCUT2D eigenvalue weighted by molar-refractivity contribution is 6.34. The number of hydrogen-bond acceptors (Lipinski definition) is 1. The molecule has 0 N–H and O–H groups in total. The normalized spacial score (nSPS) is 12.2. The molecule has 2 aromatic rings. The topological polar surface area (TPSA) is 9.23 Å². The molecule has 1 atom stereocenters. The van der Waals surface area contributed by atoms with E-state index in [-0.39, 0.29) is 11.9 Å². The summed E-state index contributed by atoms with van der Waals surface area (Å²) >= 11 is 17.8. The second-order valence-corrected chi connectivity index (χ2v) is 5.79. The zero-order valence-corrected chi connectivity index (χ0v) is 13.4. The van der Waals surface area contributed by atoms with Gasteiger partial charge in [0, 0.05) is 17.0 Å². The average molecular weight is 348 g/mol. The van der Waals surface area contributed by atoms with Gasteiger partial charge < -0.3 is 4.74 Å². The van der Waals surface area contributed by atoms with Gasteiger partial charge in [0.25, 0.3) is 0 Å². The Bertz CT molecular complexity index is 587. The van der Waals surface area contributed by atoms with Crippen LogP contribution in [0, 0.1) is 5.82 Å². The van der Waals surface area contributed by atoms with Crippen molar-refractivity contribution in [2.75, 3.05) is 5.88 Å². The van der Waals surface area contributed by atoms with Crippen molar-refractivity contribution in [2.24, 2.45) is 0 Å². The fraction of sp³-hybridized carbons (Fsp3) is 0.250. The van der Waals surface area contributed by atoms with E-state index in [1.807, 2.05) is 0 Å². The molecule has 112 valence electrons. The van der Waals surface area contributed by atoms with Crippen LogP contribution in [0.2, 0.25) is 10.0 Å². The summed E-state index contributed by atoms with van der Waals surface area (Å²) in [6.45, 7) is 0. The third-order valence-corrected chi connectivity index (χ3v) is 3.82. The van der Waals surface area contributed by atoms with Crippen LogP contribution in [0.5, 0.6) is 5.75 Å².